The van der Waals surface area contributed by atoms with E-state index in [2.05, 4.69) is 56.6 Å². The molecule has 2 heterocycles. The number of nitrogens with one attached hydrogen (secondary N) is 2. The molecule has 0 radical (unpaired) electrons. The molecule has 6 nitrogen and oxygen atoms in total. The molecule has 2 aliphatic rings. The van der Waals surface area contributed by atoms with Crippen molar-refractivity contribution >= 4 is 35.6 Å². The first-order valence-corrected chi connectivity index (χ1v) is 9.91. The van der Waals surface area contributed by atoms with Gasteiger partial charge in [0, 0.05) is 45.0 Å². The second kappa shape index (κ2) is 11.7. The molecule has 2 aliphatic heterocycles. The smallest absolute Gasteiger partial charge is 0.191 e. The molecule has 0 spiro atoms. The van der Waals surface area contributed by atoms with Gasteiger partial charge in [-0.15, -0.1) is 24.0 Å². The average Bonchev–Trinajstić information content (AvgIpc) is 3.16. The number of rotatable bonds is 6. The van der Waals surface area contributed by atoms with E-state index in [0.29, 0.717) is 6.04 Å². The van der Waals surface area contributed by atoms with Crippen molar-refractivity contribution in [1.82, 2.24) is 15.5 Å². The molecular weight excluding hydrogens is 453 g/mol. The number of aliphatic imine (C=N–C) groups is 1. The molecule has 0 aromatic heterocycles. The number of anilines is 1. The number of ether oxygens (including phenoxy) is 1. The Kier molecular flexibility index (Phi) is 9.64. The number of para-hydroxylation sites is 1. The number of hydrogen-bond donors (Lipinski definition) is 2. The van der Waals surface area contributed by atoms with E-state index in [1.54, 1.807) is 0 Å². The Morgan fingerprint density at radius 2 is 1.96 bits per heavy atom. The van der Waals surface area contributed by atoms with Gasteiger partial charge < -0.3 is 20.3 Å². The zero-order valence-corrected chi connectivity index (χ0v) is 18.9. The lowest BCUT2D eigenvalue weighted by Crippen LogP contribution is -2.44. The summed E-state index contributed by atoms with van der Waals surface area (Å²) in [6, 6.07) is 9.24. The SMILES string of the molecule is CCN1CCCC1CNC(=NC)NCc1ccccc1N1CCOCC1.I. The molecule has 27 heavy (non-hydrogen) atoms. The predicted molar refractivity (Wildman–Crippen MR) is 123 cm³/mol. The lowest BCUT2D eigenvalue weighted by atomic mass is 10.1. The van der Waals surface area contributed by atoms with Crippen molar-refractivity contribution in [2.45, 2.75) is 32.4 Å². The summed E-state index contributed by atoms with van der Waals surface area (Å²) in [7, 11) is 1.84. The number of halogens is 1. The minimum Gasteiger partial charge on any atom is -0.378 e. The maximum atomic E-state index is 5.48. The molecule has 1 atom stereocenters. The fourth-order valence-electron chi connectivity index (χ4n) is 3.93. The Morgan fingerprint density at radius 1 is 1.19 bits per heavy atom. The highest BCUT2D eigenvalue weighted by molar-refractivity contribution is 14.0. The number of nitrogens with zero attached hydrogens (tertiary/aromatic N) is 3. The molecule has 2 saturated heterocycles. The minimum atomic E-state index is 0. The molecule has 0 aliphatic carbocycles. The summed E-state index contributed by atoms with van der Waals surface area (Å²) < 4.78 is 5.48. The lowest BCUT2D eigenvalue weighted by Gasteiger charge is -2.30. The van der Waals surface area contributed by atoms with E-state index in [1.807, 2.05) is 7.05 Å². The van der Waals surface area contributed by atoms with Gasteiger partial charge in [0.1, 0.15) is 0 Å². The molecule has 0 amide bonds. The van der Waals surface area contributed by atoms with Crippen molar-refractivity contribution < 1.29 is 4.74 Å². The fourth-order valence-corrected chi connectivity index (χ4v) is 3.93. The van der Waals surface area contributed by atoms with E-state index < -0.39 is 0 Å². The third-order valence-electron chi connectivity index (χ3n) is 5.42. The van der Waals surface area contributed by atoms with Crippen molar-refractivity contribution in [1.29, 1.82) is 0 Å². The maximum absolute atomic E-state index is 5.48. The minimum absolute atomic E-state index is 0. The first-order valence-electron chi connectivity index (χ1n) is 9.91. The standard InChI is InChI=1S/C20H33N5O.HI/c1-3-24-10-6-8-18(24)16-23-20(21-2)22-15-17-7-4-5-9-19(17)25-11-13-26-14-12-25;/h4-5,7,9,18H,3,6,8,10-16H2,1-2H3,(H2,21,22,23);1H. The van der Waals surface area contributed by atoms with Gasteiger partial charge in [0.15, 0.2) is 5.96 Å². The lowest BCUT2D eigenvalue weighted by molar-refractivity contribution is 0.122. The predicted octanol–water partition coefficient (Wildman–Crippen LogP) is 2.29. The van der Waals surface area contributed by atoms with Gasteiger partial charge in [-0.25, -0.2) is 0 Å². The van der Waals surface area contributed by atoms with E-state index in [1.165, 1.54) is 30.6 Å². The number of guanidine groups is 1. The van der Waals surface area contributed by atoms with Crippen molar-refractivity contribution in [3.8, 4) is 0 Å². The Hall–Kier alpha value is -1.06. The molecule has 1 unspecified atom stereocenters. The molecule has 0 saturated carbocycles. The largest absolute Gasteiger partial charge is 0.378 e. The highest BCUT2D eigenvalue weighted by atomic mass is 127. The van der Waals surface area contributed by atoms with E-state index in [9.17, 15) is 0 Å². The van der Waals surface area contributed by atoms with Crippen molar-refractivity contribution in [3.05, 3.63) is 29.8 Å². The van der Waals surface area contributed by atoms with Gasteiger partial charge in [-0.3, -0.25) is 9.89 Å². The number of hydrogen-bond acceptors (Lipinski definition) is 4. The Labute approximate surface area is 180 Å². The number of likely N-dealkylation sites (tertiary alicyclic amines) is 1. The van der Waals surface area contributed by atoms with Crippen LogP contribution in [0.2, 0.25) is 0 Å². The molecule has 0 bridgehead atoms. The molecule has 7 heteroatoms. The van der Waals surface area contributed by atoms with E-state index >= 15 is 0 Å². The molecule has 1 aromatic rings. The zero-order valence-electron chi connectivity index (χ0n) is 16.6. The summed E-state index contributed by atoms with van der Waals surface area (Å²) in [6.45, 7) is 9.85. The first-order chi connectivity index (χ1) is 12.8. The molecular formula is C20H34IN5O. The van der Waals surface area contributed by atoms with E-state index in [-0.39, 0.29) is 24.0 Å². The molecule has 3 rings (SSSR count). The van der Waals surface area contributed by atoms with Crippen LogP contribution in [0.5, 0.6) is 0 Å². The van der Waals surface area contributed by atoms with Crippen LogP contribution in [0.3, 0.4) is 0 Å². The van der Waals surface area contributed by atoms with Crippen LogP contribution in [0.4, 0.5) is 5.69 Å². The van der Waals surface area contributed by atoms with Crippen molar-refractivity contribution in [2.24, 2.45) is 4.99 Å². The van der Waals surface area contributed by atoms with Gasteiger partial charge in [-0.1, -0.05) is 25.1 Å². The Morgan fingerprint density at radius 3 is 2.70 bits per heavy atom. The van der Waals surface area contributed by atoms with Gasteiger partial charge in [-0.05, 0) is 37.6 Å². The van der Waals surface area contributed by atoms with Gasteiger partial charge >= 0.3 is 0 Å². The van der Waals surface area contributed by atoms with E-state index in [0.717, 1.165) is 51.9 Å². The monoisotopic (exact) mass is 487 g/mol. The molecule has 2 N–H and O–H groups in total. The van der Waals surface area contributed by atoms with Crippen molar-refractivity contribution in [2.75, 3.05) is 57.9 Å². The zero-order chi connectivity index (χ0) is 18.2. The highest BCUT2D eigenvalue weighted by Crippen LogP contribution is 2.21. The molecule has 152 valence electrons. The van der Waals surface area contributed by atoms with Gasteiger partial charge in [-0.2, -0.15) is 0 Å². The average molecular weight is 487 g/mol. The summed E-state index contributed by atoms with van der Waals surface area (Å²) in [4.78, 5) is 9.36. The molecule has 2 fully saturated rings. The Balaban J connectivity index is 0.00000261. The van der Waals surface area contributed by atoms with E-state index in [4.69, 9.17) is 4.74 Å². The normalized spacial score (nSPS) is 21.0. The highest BCUT2D eigenvalue weighted by Gasteiger charge is 2.22. The second-order valence-corrected chi connectivity index (χ2v) is 6.96. The summed E-state index contributed by atoms with van der Waals surface area (Å²) in [5.41, 5.74) is 2.60. The maximum Gasteiger partial charge on any atom is 0.191 e. The van der Waals surface area contributed by atoms with Crippen LogP contribution in [-0.4, -0.2) is 69.9 Å². The fraction of sp³-hybridized carbons (Fsp3) is 0.650. The van der Waals surface area contributed by atoms with Gasteiger partial charge in [0.05, 0.1) is 13.2 Å². The number of morpholine rings is 1. The number of likely N-dealkylation sites (N-methyl/N-ethyl adjacent to an activating group) is 1. The quantitative estimate of drug-likeness (QED) is 0.367. The first kappa shape index (κ1) is 22.2. The summed E-state index contributed by atoms with van der Waals surface area (Å²) in [6.07, 6.45) is 2.58. The topological polar surface area (TPSA) is 52.1 Å². The second-order valence-electron chi connectivity index (χ2n) is 6.96. The van der Waals surface area contributed by atoms with Crippen LogP contribution in [0.15, 0.2) is 29.3 Å². The summed E-state index contributed by atoms with van der Waals surface area (Å²) in [5, 5.41) is 6.99. The third-order valence-corrected chi connectivity index (χ3v) is 5.42. The third kappa shape index (κ3) is 6.22. The van der Waals surface area contributed by atoms with Gasteiger partial charge in [0.2, 0.25) is 0 Å². The van der Waals surface area contributed by atoms with Gasteiger partial charge in [0.25, 0.3) is 0 Å². The van der Waals surface area contributed by atoms with Crippen LogP contribution >= 0.6 is 24.0 Å². The number of benzene rings is 1. The van der Waals surface area contributed by atoms with Crippen LogP contribution in [0.25, 0.3) is 0 Å². The van der Waals surface area contributed by atoms with Crippen LogP contribution < -0.4 is 15.5 Å². The summed E-state index contributed by atoms with van der Waals surface area (Å²) >= 11 is 0. The van der Waals surface area contributed by atoms with Crippen molar-refractivity contribution in [3.63, 3.8) is 0 Å². The van der Waals surface area contributed by atoms with Crippen LogP contribution in [-0.2, 0) is 11.3 Å². The summed E-state index contributed by atoms with van der Waals surface area (Å²) in [5.74, 6) is 0.879. The van der Waals surface area contributed by atoms with Crippen LogP contribution in [0.1, 0.15) is 25.3 Å². The molecule has 1 aromatic carbocycles. The Bertz CT molecular complexity index is 591. The van der Waals surface area contributed by atoms with Crippen LogP contribution in [0, 0.1) is 0 Å².